The summed E-state index contributed by atoms with van der Waals surface area (Å²) in [5.41, 5.74) is 0. The first-order chi connectivity index (χ1) is 52.4. The molecular formula is C85H160N2O21. The molecule has 0 spiro atoms. The molecule has 3 aliphatic rings. The van der Waals surface area contributed by atoms with Crippen LogP contribution in [0.1, 0.15) is 374 Å². The summed E-state index contributed by atoms with van der Waals surface area (Å²) in [6.45, 7) is 2.22. The molecule has 0 radical (unpaired) electrons. The molecule has 18 atom stereocenters. The van der Waals surface area contributed by atoms with Crippen molar-refractivity contribution in [1.82, 2.24) is 10.6 Å². The molecule has 2 amide bonds. The van der Waals surface area contributed by atoms with Crippen LogP contribution in [-0.4, -0.2) is 215 Å². The number of carboxylic acid groups (broad SMARTS) is 1. The molecular weight excluding hydrogens is 1380 g/mol. The van der Waals surface area contributed by atoms with Crippen LogP contribution in [0.5, 0.6) is 0 Å². The van der Waals surface area contributed by atoms with Gasteiger partial charge in [0.2, 0.25) is 11.8 Å². The van der Waals surface area contributed by atoms with E-state index in [-0.39, 0.29) is 12.3 Å². The Morgan fingerprint density at radius 3 is 1.23 bits per heavy atom. The zero-order chi connectivity index (χ0) is 78.8. The van der Waals surface area contributed by atoms with Gasteiger partial charge in [0.1, 0.15) is 67.1 Å². The van der Waals surface area contributed by atoms with Gasteiger partial charge in [-0.3, -0.25) is 9.59 Å². The van der Waals surface area contributed by atoms with E-state index in [1.54, 1.807) is 6.08 Å². The number of rotatable bonds is 71. The molecule has 0 aliphatic carbocycles. The van der Waals surface area contributed by atoms with Crippen LogP contribution in [0.4, 0.5) is 0 Å². The third-order valence-electron chi connectivity index (χ3n) is 22.5. The van der Waals surface area contributed by atoms with Gasteiger partial charge in [0.05, 0.1) is 50.7 Å². The minimum absolute atomic E-state index is 0.206. The van der Waals surface area contributed by atoms with Crippen molar-refractivity contribution >= 4 is 17.8 Å². The van der Waals surface area contributed by atoms with E-state index in [9.17, 15) is 75.7 Å². The Hall–Kier alpha value is -2.53. The Bertz CT molecular complexity index is 2190. The first kappa shape index (κ1) is 99.7. The van der Waals surface area contributed by atoms with Crippen LogP contribution < -0.4 is 10.6 Å². The predicted molar refractivity (Wildman–Crippen MR) is 422 cm³/mol. The maximum absolute atomic E-state index is 13.6. The number of unbranched alkanes of at least 4 members (excludes halogenated alkanes) is 51. The zero-order valence-corrected chi connectivity index (χ0v) is 67.7. The predicted octanol–water partition coefficient (Wildman–Crippen LogP) is 13.3. The summed E-state index contributed by atoms with van der Waals surface area (Å²) in [5.74, 6) is -6.13. The van der Waals surface area contributed by atoms with Crippen molar-refractivity contribution in [3.05, 3.63) is 12.2 Å². The Morgan fingerprint density at radius 1 is 0.481 bits per heavy atom. The highest BCUT2D eigenvalue weighted by Gasteiger charge is 2.60. The minimum Gasteiger partial charge on any atom is -0.477 e. The lowest BCUT2D eigenvalue weighted by Crippen LogP contribution is -2.70. The smallest absolute Gasteiger partial charge is 0.364 e. The lowest BCUT2D eigenvalue weighted by atomic mass is 9.88. The molecule has 23 heteroatoms. The van der Waals surface area contributed by atoms with E-state index in [0.717, 1.165) is 51.9 Å². The van der Waals surface area contributed by atoms with Crippen LogP contribution in [-0.2, 0) is 42.8 Å². The molecule has 3 saturated heterocycles. The Kier molecular flexibility index (Phi) is 58.8. The van der Waals surface area contributed by atoms with Crippen molar-refractivity contribution in [2.75, 3.05) is 26.4 Å². The number of amides is 2. The summed E-state index contributed by atoms with van der Waals surface area (Å²) in [7, 11) is 0. The highest BCUT2D eigenvalue weighted by Crippen LogP contribution is 2.39. The van der Waals surface area contributed by atoms with Gasteiger partial charge < -0.3 is 100 Å². The van der Waals surface area contributed by atoms with Crippen molar-refractivity contribution in [3.8, 4) is 0 Å². The van der Waals surface area contributed by atoms with Gasteiger partial charge >= 0.3 is 5.97 Å². The number of allylic oxidation sites excluding steroid dienone is 1. The zero-order valence-electron chi connectivity index (χ0n) is 67.7. The summed E-state index contributed by atoms with van der Waals surface area (Å²) < 4.78 is 35.0. The van der Waals surface area contributed by atoms with Crippen LogP contribution in [0.15, 0.2) is 12.2 Å². The molecule has 3 heterocycles. The number of ether oxygens (including phenoxy) is 6. The van der Waals surface area contributed by atoms with Gasteiger partial charge in [-0.2, -0.15) is 0 Å². The van der Waals surface area contributed by atoms with E-state index in [4.69, 9.17) is 28.4 Å². The number of aliphatic hydroxyl groups excluding tert-OH is 11. The molecule has 0 aromatic carbocycles. The fourth-order valence-corrected chi connectivity index (χ4v) is 15.5. The van der Waals surface area contributed by atoms with E-state index in [1.165, 1.54) is 283 Å². The van der Waals surface area contributed by atoms with Crippen molar-refractivity contribution in [1.29, 1.82) is 0 Å². The van der Waals surface area contributed by atoms with Crippen molar-refractivity contribution < 1.29 is 104 Å². The number of hydrogen-bond donors (Lipinski definition) is 14. The Balaban J connectivity index is 1.46. The van der Waals surface area contributed by atoms with Crippen molar-refractivity contribution in [2.45, 2.75) is 484 Å². The molecule has 0 bridgehead atoms. The van der Waals surface area contributed by atoms with Gasteiger partial charge in [-0.1, -0.05) is 347 Å². The number of carbonyl (C=O) groups excluding carboxylic acids is 2. The van der Waals surface area contributed by atoms with E-state index >= 15 is 0 Å². The van der Waals surface area contributed by atoms with Gasteiger partial charge in [-0.15, -0.1) is 0 Å². The topological polar surface area (TPSA) is 373 Å². The first-order valence-electron chi connectivity index (χ1n) is 44.1. The van der Waals surface area contributed by atoms with Crippen LogP contribution in [0.25, 0.3) is 0 Å². The third kappa shape index (κ3) is 42.7. The maximum atomic E-state index is 13.6. The first-order valence-corrected chi connectivity index (χ1v) is 44.1. The summed E-state index contributed by atoms with van der Waals surface area (Å²) in [6, 6.07) is -2.62. The summed E-state index contributed by atoms with van der Waals surface area (Å²) in [4.78, 5) is 38.8. The second kappa shape index (κ2) is 63.7. The molecule has 3 rings (SSSR count). The molecule has 3 aliphatic heterocycles. The van der Waals surface area contributed by atoms with E-state index in [0.29, 0.717) is 12.8 Å². The van der Waals surface area contributed by atoms with Crippen molar-refractivity contribution in [2.24, 2.45) is 0 Å². The summed E-state index contributed by atoms with van der Waals surface area (Å²) in [6.07, 6.45) is 42.6. The Morgan fingerprint density at radius 2 is 0.861 bits per heavy atom. The van der Waals surface area contributed by atoms with Gasteiger partial charge in [0.25, 0.3) is 5.79 Å². The number of aliphatic carboxylic acids is 1. The second-order valence-corrected chi connectivity index (χ2v) is 32.1. The van der Waals surface area contributed by atoms with E-state index < -0.39 is 155 Å². The van der Waals surface area contributed by atoms with Gasteiger partial charge in [-0.25, -0.2) is 4.79 Å². The fourth-order valence-electron chi connectivity index (χ4n) is 15.5. The monoisotopic (exact) mass is 1550 g/mol. The highest BCUT2D eigenvalue weighted by molar-refractivity contribution is 5.77. The summed E-state index contributed by atoms with van der Waals surface area (Å²) in [5, 5.41) is 137. The standard InChI is InChI=1S/C85H160N2O21/c1-4-6-8-10-12-14-16-18-20-22-24-26-28-29-30-31-32-33-34-35-36-37-39-41-43-45-47-49-51-53-55-57-59-72(95)87-66(67(92)58-56-54-52-50-48-46-44-42-40-38-27-25-23-21-19-17-15-13-11-9-7-5-2)64-103-82-77(99)76(98)79(71(63-90)105-82)106-83-78(100)81(75(97)70(62-89)104-83)108-85(84(101)102)60-68(93)73(86-65(3)91)80(107-85)74(96)69(94)61-88/h56,58,66-71,73-83,88-90,92-94,96-100H,4-55,57,59-64H2,1-3H3,(H,86,91)(H,87,95)(H,101,102)/b58-56+. The number of hydrogen-bond acceptors (Lipinski definition) is 20. The average molecular weight is 1550 g/mol. The van der Waals surface area contributed by atoms with Crippen LogP contribution in [0.3, 0.4) is 0 Å². The number of carboxylic acids is 1. The molecule has 14 N–H and O–H groups in total. The minimum atomic E-state index is -3.08. The molecule has 0 aromatic rings. The van der Waals surface area contributed by atoms with Crippen LogP contribution in [0.2, 0.25) is 0 Å². The highest BCUT2D eigenvalue weighted by atomic mass is 16.8. The van der Waals surface area contributed by atoms with Crippen LogP contribution >= 0.6 is 0 Å². The number of nitrogens with one attached hydrogen (secondary N) is 2. The van der Waals surface area contributed by atoms with Gasteiger partial charge in [0, 0.05) is 19.8 Å². The number of aliphatic hydroxyl groups is 11. The second-order valence-electron chi connectivity index (χ2n) is 32.1. The normalized spacial score (nSPS) is 25.9. The van der Waals surface area contributed by atoms with E-state index in [1.807, 2.05) is 6.08 Å². The quantitative estimate of drug-likeness (QED) is 0.0199. The molecule has 0 saturated carbocycles. The third-order valence-corrected chi connectivity index (χ3v) is 22.5. The maximum Gasteiger partial charge on any atom is 0.364 e. The summed E-state index contributed by atoms with van der Waals surface area (Å²) >= 11 is 0. The van der Waals surface area contributed by atoms with Crippen LogP contribution in [0, 0.1) is 0 Å². The van der Waals surface area contributed by atoms with Crippen molar-refractivity contribution in [3.63, 3.8) is 0 Å². The van der Waals surface area contributed by atoms with Gasteiger partial charge in [0.15, 0.2) is 12.6 Å². The van der Waals surface area contributed by atoms with E-state index in [2.05, 4.69) is 24.5 Å². The molecule has 18 unspecified atom stereocenters. The molecule has 636 valence electrons. The lowest BCUT2D eigenvalue weighted by Gasteiger charge is -2.50. The molecule has 23 nitrogen and oxygen atoms in total. The number of carbonyl (C=O) groups is 3. The lowest BCUT2D eigenvalue weighted by molar-refractivity contribution is -0.386. The Labute approximate surface area is 651 Å². The SMILES string of the molecule is CCCCCCCCCCCCCCCCCCCCCC/C=C/C(O)C(COC1OC(CO)C(OC2OC(CO)C(O)C(OC3(C(=O)O)CC(O)C(NC(C)=O)C(C(O)C(O)CO)O3)C2O)C(O)C1O)NC(=O)CCCCCCCCCCCCCCCCCCCCCCCCCCCCCCCCCC. The largest absolute Gasteiger partial charge is 0.477 e. The molecule has 108 heavy (non-hydrogen) atoms. The fraction of sp³-hybridized carbons (Fsp3) is 0.941. The molecule has 3 fully saturated rings. The molecule has 0 aromatic heterocycles. The van der Waals surface area contributed by atoms with Gasteiger partial charge in [-0.05, 0) is 19.3 Å². The average Bonchev–Trinajstić information content (AvgIpc) is 0.753.